The van der Waals surface area contributed by atoms with E-state index in [0.717, 1.165) is 45.1 Å². The quantitative estimate of drug-likeness (QED) is 0.178. The summed E-state index contributed by atoms with van der Waals surface area (Å²) < 4.78 is 28.3. The van der Waals surface area contributed by atoms with Gasteiger partial charge in [0.15, 0.2) is 0 Å². The Bertz CT molecular complexity index is 1920. The summed E-state index contributed by atoms with van der Waals surface area (Å²) in [6.45, 7) is 7.73. The monoisotopic (exact) mass is 751 g/mol. The number of aliphatic hydroxyl groups excluding tert-OH is 1. The second kappa shape index (κ2) is 17.1. The summed E-state index contributed by atoms with van der Waals surface area (Å²) in [5.74, 6) is 2.06. The zero-order valence-electron chi connectivity index (χ0n) is 28.0. The number of nitrogens with zero attached hydrogens (tertiary/aromatic N) is 2. The van der Waals surface area contributed by atoms with Gasteiger partial charge in [-0.1, -0.05) is 61.3 Å². The van der Waals surface area contributed by atoms with Crippen LogP contribution in [0.15, 0.2) is 84.9 Å². The van der Waals surface area contributed by atoms with Gasteiger partial charge in [-0.3, -0.25) is 19.3 Å². The van der Waals surface area contributed by atoms with Crippen LogP contribution >= 0.6 is 47.0 Å². The van der Waals surface area contributed by atoms with Crippen LogP contribution in [0.5, 0.6) is 0 Å². The summed E-state index contributed by atoms with van der Waals surface area (Å²) in [5.41, 5.74) is 6.57. The highest BCUT2D eigenvalue weighted by Crippen LogP contribution is 2.43. The van der Waals surface area contributed by atoms with E-state index in [4.69, 9.17) is 0 Å². The maximum Gasteiger partial charge on any atom is 0.351 e. The molecule has 0 spiro atoms. The number of carbonyl (C=O) groups excluding carboxylic acids is 3. The highest BCUT2D eigenvalue weighted by atomic mass is 32.2. The fourth-order valence-corrected chi connectivity index (χ4v) is 9.12. The fraction of sp³-hybridized carbons (Fsp3) is 0.263. The first-order valence-corrected chi connectivity index (χ1v) is 20.0. The van der Waals surface area contributed by atoms with Crippen LogP contribution in [0.25, 0.3) is 0 Å². The number of aliphatic hydroxyl groups is 1. The van der Waals surface area contributed by atoms with Crippen molar-refractivity contribution in [3.63, 3.8) is 0 Å². The molecule has 2 aliphatic rings. The first kappa shape index (κ1) is 37.7. The largest absolute Gasteiger partial charge is 0.463 e. The molecule has 4 aromatic rings. The SMILES string of the molecule is CCSC(=O)c1ccc(N2C(=O)CSC2c2ccc(F)cc2)c(C)c1.CCSC(=O)c1ccc([N+]2=C(O)CSC2c2ccc(F)cc2)c(C)c1. The summed E-state index contributed by atoms with van der Waals surface area (Å²) in [4.78, 5) is 38.3. The molecule has 2 heterocycles. The van der Waals surface area contributed by atoms with E-state index in [0.29, 0.717) is 22.6 Å². The molecule has 2 aliphatic heterocycles. The first-order valence-electron chi connectivity index (χ1n) is 16.0. The standard InChI is InChI=1S/2C19H18FNO2S2/c2*1-3-24-19(23)14-6-9-16(12(2)10-14)21-17(22)11-25-18(21)13-4-7-15(20)8-5-13/h2*4-10,18H,3,11H2,1-2H3/p+1. The Morgan fingerprint density at radius 1 is 0.780 bits per heavy atom. The lowest BCUT2D eigenvalue weighted by Crippen LogP contribution is -2.28. The van der Waals surface area contributed by atoms with Gasteiger partial charge >= 0.3 is 5.90 Å². The van der Waals surface area contributed by atoms with Crippen molar-refractivity contribution in [3.05, 3.63) is 130 Å². The van der Waals surface area contributed by atoms with E-state index in [1.165, 1.54) is 59.6 Å². The highest BCUT2D eigenvalue weighted by Gasteiger charge is 2.38. The number of amides is 1. The molecule has 50 heavy (non-hydrogen) atoms. The van der Waals surface area contributed by atoms with Gasteiger partial charge in [-0.2, -0.15) is 0 Å². The van der Waals surface area contributed by atoms with Crippen molar-refractivity contribution < 1.29 is 32.8 Å². The van der Waals surface area contributed by atoms with E-state index in [-0.39, 0.29) is 44.4 Å². The molecule has 2 unspecified atom stereocenters. The molecule has 4 aromatic carbocycles. The molecule has 1 fully saturated rings. The highest BCUT2D eigenvalue weighted by molar-refractivity contribution is 8.14. The van der Waals surface area contributed by atoms with Crippen molar-refractivity contribution in [2.45, 2.75) is 38.4 Å². The van der Waals surface area contributed by atoms with Gasteiger partial charge in [0.2, 0.25) is 27.2 Å². The number of anilines is 1. The summed E-state index contributed by atoms with van der Waals surface area (Å²) in [7, 11) is 0. The van der Waals surface area contributed by atoms with Crippen LogP contribution in [-0.2, 0) is 4.79 Å². The van der Waals surface area contributed by atoms with Crippen molar-refractivity contribution in [1.82, 2.24) is 0 Å². The Morgan fingerprint density at radius 3 is 1.86 bits per heavy atom. The van der Waals surface area contributed by atoms with Crippen LogP contribution in [0.1, 0.15) is 67.6 Å². The molecule has 6 rings (SSSR count). The van der Waals surface area contributed by atoms with Crippen LogP contribution in [0.4, 0.5) is 20.2 Å². The Hall–Kier alpha value is -3.58. The van der Waals surface area contributed by atoms with Crippen molar-refractivity contribution in [1.29, 1.82) is 0 Å². The molecule has 0 bridgehead atoms. The van der Waals surface area contributed by atoms with Gasteiger partial charge in [-0.05, 0) is 103 Å². The number of thioether (sulfide) groups is 4. The molecule has 0 aromatic heterocycles. The summed E-state index contributed by atoms with van der Waals surface area (Å²) in [6, 6.07) is 23.5. The van der Waals surface area contributed by atoms with E-state index in [9.17, 15) is 28.3 Å². The van der Waals surface area contributed by atoms with E-state index in [1.54, 1.807) is 53.1 Å². The van der Waals surface area contributed by atoms with E-state index in [2.05, 4.69) is 0 Å². The van der Waals surface area contributed by atoms with Gasteiger partial charge in [0.1, 0.15) is 22.8 Å². The lowest BCUT2D eigenvalue weighted by Gasteiger charge is -2.26. The maximum absolute atomic E-state index is 13.2. The number of aryl methyl sites for hydroxylation is 2. The number of rotatable bonds is 8. The molecule has 0 radical (unpaired) electrons. The summed E-state index contributed by atoms with van der Waals surface area (Å²) in [6.07, 6.45) is 0. The zero-order valence-corrected chi connectivity index (χ0v) is 31.3. The Balaban J connectivity index is 0.000000194. The molecular weight excluding hydrogens is 715 g/mol. The van der Waals surface area contributed by atoms with Crippen molar-refractivity contribution in [2.75, 3.05) is 27.9 Å². The zero-order chi connectivity index (χ0) is 35.9. The van der Waals surface area contributed by atoms with Crippen LogP contribution in [0, 0.1) is 25.5 Å². The lowest BCUT2D eigenvalue weighted by atomic mass is 10.1. The van der Waals surface area contributed by atoms with Crippen LogP contribution in [0.2, 0.25) is 0 Å². The molecule has 12 heteroatoms. The van der Waals surface area contributed by atoms with E-state index in [1.807, 2.05) is 56.5 Å². The van der Waals surface area contributed by atoms with Crippen LogP contribution < -0.4 is 4.90 Å². The van der Waals surface area contributed by atoms with Crippen molar-refractivity contribution >= 4 is 80.5 Å². The van der Waals surface area contributed by atoms with Gasteiger partial charge in [0, 0.05) is 34.0 Å². The number of halogens is 2. The first-order chi connectivity index (χ1) is 24.0. The number of hydrogen-bond donors (Lipinski definition) is 1. The Morgan fingerprint density at radius 2 is 1.32 bits per heavy atom. The second-order valence-corrected chi connectivity index (χ2v) is 16.0. The van der Waals surface area contributed by atoms with Gasteiger partial charge in [-0.25, -0.2) is 8.78 Å². The number of hydrogen-bond acceptors (Lipinski definition) is 7. The third-order valence-electron chi connectivity index (χ3n) is 8.00. The number of benzene rings is 4. The van der Waals surface area contributed by atoms with E-state index >= 15 is 0 Å². The Labute approximate surface area is 308 Å². The summed E-state index contributed by atoms with van der Waals surface area (Å²) in [5, 5.41) is 10.2. The van der Waals surface area contributed by atoms with Gasteiger partial charge in [0.25, 0.3) is 0 Å². The fourth-order valence-electron chi connectivity index (χ4n) is 5.66. The molecular formula is C38H37F2N2O4S4+. The normalized spacial score (nSPS) is 17.2. The predicted octanol–water partition coefficient (Wildman–Crippen LogP) is 9.88. The van der Waals surface area contributed by atoms with E-state index < -0.39 is 0 Å². The average molecular weight is 752 g/mol. The average Bonchev–Trinajstić information content (AvgIpc) is 3.67. The third-order valence-corrected chi connectivity index (χ3v) is 12.0. The topological polar surface area (TPSA) is 77.7 Å². The molecule has 6 nitrogen and oxygen atoms in total. The van der Waals surface area contributed by atoms with Crippen LogP contribution in [-0.4, -0.2) is 54.7 Å². The molecule has 1 amide bonds. The lowest BCUT2D eigenvalue weighted by molar-refractivity contribution is -0.467. The third kappa shape index (κ3) is 8.65. The molecule has 1 N–H and O–H groups in total. The predicted molar refractivity (Wildman–Crippen MR) is 206 cm³/mol. The van der Waals surface area contributed by atoms with Crippen molar-refractivity contribution in [3.8, 4) is 0 Å². The number of carbonyl (C=O) groups is 3. The van der Waals surface area contributed by atoms with Gasteiger partial charge < -0.3 is 5.11 Å². The minimum atomic E-state index is -0.294. The molecule has 0 saturated carbocycles. The molecule has 1 saturated heterocycles. The minimum absolute atomic E-state index is 0.0180. The maximum atomic E-state index is 13.2. The van der Waals surface area contributed by atoms with Crippen LogP contribution in [0.3, 0.4) is 0 Å². The minimum Gasteiger partial charge on any atom is -0.463 e. The van der Waals surface area contributed by atoms with Crippen molar-refractivity contribution in [2.24, 2.45) is 0 Å². The van der Waals surface area contributed by atoms with Gasteiger partial charge in [0.05, 0.1) is 5.75 Å². The molecule has 260 valence electrons. The molecule has 2 atom stereocenters. The molecule has 0 aliphatic carbocycles. The second-order valence-electron chi connectivity index (χ2n) is 11.4. The van der Waals surface area contributed by atoms with Gasteiger partial charge in [-0.15, -0.1) is 16.3 Å². The smallest absolute Gasteiger partial charge is 0.351 e. The summed E-state index contributed by atoms with van der Waals surface area (Å²) >= 11 is 5.66. The Kier molecular flexibility index (Phi) is 12.9.